The highest BCUT2D eigenvalue weighted by atomic mass is 16.5. The van der Waals surface area contributed by atoms with Gasteiger partial charge in [0.2, 0.25) is 5.91 Å². The molecule has 5 nitrogen and oxygen atoms in total. The minimum atomic E-state index is -0.881. The Labute approximate surface area is 94.4 Å². The third-order valence-corrected chi connectivity index (χ3v) is 3.39. The van der Waals surface area contributed by atoms with E-state index in [-0.39, 0.29) is 17.9 Å². The third kappa shape index (κ3) is 2.19. The molecule has 0 aromatic rings. The number of carbonyl (C=O) groups is 2. The van der Waals surface area contributed by atoms with E-state index in [0.29, 0.717) is 13.1 Å². The van der Waals surface area contributed by atoms with Gasteiger partial charge in [-0.1, -0.05) is 0 Å². The lowest BCUT2D eigenvalue weighted by molar-refractivity contribution is -0.141. The van der Waals surface area contributed by atoms with Crippen LogP contribution in [0.3, 0.4) is 0 Å². The van der Waals surface area contributed by atoms with E-state index in [1.165, 1.54) is 0 Å². The van der Waals surface area contributed by atoms with Crippen LogP contribution in [0.15, 0.2) is 0 Å². The molecule has 2 rings (SSSR count). The van der Waals surface area contributed by atoms with Crippen molar-refractivity contribution < 1.29 is 19.4 Å². The minimum absolute atomic E-state index is 0.0656. The average molecular weight is 227 g/mol. The first-order valence-electron chi connectivity index (χ1n) is 5.65. The van der Waals surface area contributed by atoms with Crippen molar-refractivity contribution in [3.05, 3.63) is 0 Å². The molecule has 90 valence electrons. The van der Waals surface area contributed by atoms with Crippen molar-refractivity contribution in [1.29, 1.82) is 0 Å². The summed E-state index contributed by atoms with van der Waals surface area (Å²) in [5.74, 6) is -1.49. The topological polar surface area (TPSA) is 66.8 Å². The number of carboxylic acids is 1. The van der Waals surface area contributed by atoms with E-state index in [1.807, 2.05) is 6.92 Å². The normalized spacial score (nSPS) is 34.7. The molecule has 5 heteroatoms. The molecule has 2 saturated heterocycles. The van der Waals surface area contributed by atoms with Crippen LogP contribution in [0.2, 0.25) is 0 Å². The summed E-state index contributed by atoms with van der Waals surface area (Å²) in [5, 5.41) is 8.86. The molecule has 2 fully saturated rings. The molecular weight excluding hydrogens is 210 g/mol. The van der Waals surface area contributed by atoms with Crippen molar-refractivity contribution >= 4 is 11.9 Å². The molecule has 1 amide bonds. The number of ether oxygens (including phenoxy) is 1. The van der Waals surface area contributed by atoms with Crippen molar-refractivity contribution in [3.8, 4) is 0 Å². The van der Waals surface area contributed by atoms with Crippen LogP contribution in [0.25, 0.3) is 0 Å². The Morgan fingerprint density at radius 2 is 2.44 bits per heavy atom. The largest absolute Gasteiger partial charge is 0.481 e. The fourth-order valence-electron chi connectivity index (χ4n) is 2.46. The summed E-state index contributed by atoms with van der Waals surface area (Å²) in [6.07, 6.45) is 2.08. The molecule has 0 aromatic heterocycles. The molecule has 0 aliphatic carbocycles. The van der Waals surface area contributed by atoms with E-state index in [9.17, 15) is 9.59 Å². The van der Waals surface area contributed by atoms with Crippen molar-refractivity contribution in [2.75, 3.05) is 19.7 Å². The van der Waals surface area contributed by atoms with Crippen LogP contribution in [0.1, 0.15) is 26.2 Å². The molecule has 0 saturated carbocycles. The summed E-state index contributed by atoms with van der Waals surface area (Å²) in [7, 11) is 0. The van der Waals surface area contributed by atoms with Crippen molar-refractivity contribution in [2.24, 2.45) is 5.92 Å². The lowest BCUT2D eigenvalue weighted by atomic mass is 10.0. The Morgan fingerprint density at radius 3 is 2.94 bits per heavy atom. The second-order valence-electron chi connectivity index (χ2n) is 4.92. The zero-order valence-corrected chi connectivity index (χ0v) is 9.44. The SMILES string of the molecule is CC1(CN2CC(C(=O)O)CC2=O)CCCO1. The number of carbonyl (C=O) groups excluding carboxylic acids is 1. The van der Waals surface area contributed by atoms with Crippen LogP contribution >= 0.6 is 0 Å². The summed E-state index contributed by atoms with van der Waals surface area (Å²) in [6.45, 7) is 3.57. The molecule has 0 spiro atoms. The van der Waals surface area contributed by atoms with Crippen LogP contribution in [-0.2, 0) is 14.3 Å². The number of hydrogen-bond donors (Lipinski definition) is 1. The maximum atomic E-state index is 11.6. The van der Waals surface area contributed by atoms with Crippen molar-refractivity contribution in [2.45, 2.75) is 31.8 Å². The molecule has 0 bridgehead atoms. The summed E-state index contributed by atoms with van der Waals surface area (Å²) in [5.41, 5.74) is -0.275. The summed E-state index contributed by atoms with van der Waals surface area (Å²) >= 11 is 0. The van der Waals surface area contributed by atoms with Crippen LogP contribution in [-0.4, -0.2) is 47.2 Å². The zero-order chi connectivity index (χ0) is 11.8. The maximum absolute atomic E-state index is 11.6. The van der Waals surface area contributed by atoms with Gasteiger partial charge >= 0.3 is 5.97 Å². The lowest BCUT2D eigenvalue weighted by Gasteiger charge is -2.29. The van der Waals surface area contributed by atoms with Gasteiger partial charge in [0, 0.05) is 26.1 Å². The van der Waals surface area contributed by atoms with E-state index in [0.717, 1.165) is 19.4 Å². The first kappa shape index (κ1) is 11.4. The summed E-state index contributed by atoms with van der Waals surface area (Å²) < 4.78 is 5.61. The van der Waals surface area contributed by atoms with Gasteiger partial charge in [0.15, 0.2) is 0 Å². The predicted molar refractivity (Wildman–Crippen MR) is 55.9 cm³/mol. The second-order valence-corrected chi connectivity index (χ2v) is 4.92. The number of hydrogen-bond acceptors (Lipinski definition) is 3. The number of carboxylic acid groups (broad SMARTS) is 1. The highest BCUT2D eigenvalue weighted by molar-refractivity contribution is 5.86. The second kappa shape index (κ2) is 4.05. The van der Waals surface area contributed by atoms with Crippen LogP contribution in [0.4, 0.5) is 0 Å². The molecule has 2 heterocycles. The van der Waals surface area contributed by atoms with Gasteiger partial charge in [0.05, 0.1) is 11.5 Å². The van der Waals surface area contributed by atoms with Crippen LogP contribution in [0, 0.1) is 5.92 Å². The number of aliphatic carboxylic acids is 1. The molecule has 16 heavy (non-hydrogen) atoms. The fourth-order valence-corrected chi connectivity index (χ4v) is 2.46. The highest BCUT2D eigenvalue weighted by Crippen LogP contribution is 2.28. The first-order valence-corrected chi connectivity index (χ1v) is 5.65. The van der Waals surface area contributed by atoms with E-state index in [1.54, 1.807) is 4.90 Å². The number of amides is 1. The Balaban J connectivity index is 1.95. The fraction of sp³-hybridized carbons (Fsp3) is 0.818. The van der Waals surface area contributed by atoms with Gasteiger partial charge in [0.25, 0.3) is 0 Å². The quantitative estimate of drug-likeness (QED) is 0.762. The molecule has 2 aliphatic rings. The molecule has 2 unspecified atom stereocenters. The van der Waals surface area contributed by atoms with Crippen LogP contribution < -0.4 is 0 Å². The van der Waals surface area contributed by atoms with Gasteiger partial charge in [0.1, 0.15) is 0 Å². The van der Waals surface area contributed by atoms with Gasteiger partial charge in [-0.25, -0.2) is 0 Å². The Hall–Kier alpha value is -1.10. The Morgan fingerprint density at radius 1 is 1.69 bits per heavy atom. The first-order chi connectivity index (χ1) is 7.50. The standard InChI is InChI=1S/C11H17NO4/c1-11(3-2-4-16-11)7-12-6-8(10(14)15)5-9(12)13/h8H,2-7H2,1H3,(H,14,15). The third-order valence-electron chi connectivity index (χ3n) is 3.39. The van der Waals surface area contributed by atoms with Gasteiger partial charge in [-0.05, 0) is 19.8 Å². The summed E-state index contributed by atoms with van der Waals surface area (Å²) in [6, 6.07) is 0. The van der Waals surface area contributed by atoms with Gasteiger partial charge in [-0.2, -0.15) is 0 Å². The number of nitrogens with zero attached hydrogens (tertiary/aromatic N) is 1. The van der Waals surface area contributed by atoms with Crippen molar-refractivity contribution in [3.63, 3.8) is 0 Å². The molecule has 2 aliphatic heterocycles. The Bertz CT molecular complexity index is 309. The van der Waals surface area contributed by atoms with E-state index < -0.39 is 11.9 Å². The van der Waals surface area contributed by atoms with Crippen molar-refractivity contribution in [1.82, 2.24) is 4.90 Å². The summed E-state index contributed by atoms with van der Waals surface area (Å²) in [4.78, 5) is 24.1. The number of likely N-dealkylation sites (tertiary alicyclic amines) is 1. The highest BCUT2D eigenvalue weighted by Gasteiger charge is 2.39. The van der Waals surface area contributed by atoms with Gasteiger partial charge in [-0.3, -0.25) is 9.59 Å². The lowest BCUT2D eigenvalue weighted by Crippen LogP contribution is -2.41. The predicted octanol–water partition coefficient (Wildman–Crippen LogP) is 0.489. The molecule has 1 N–H and O–H groups in total. The van der Waals surface area contributed by atoms with Gasteiger partial charge in [-0.15, -0.1) is 0 Å². The Kier molecular flexibility index (Phi) is 2.88. The monoisotopic (exact) mass is 227 g/mol. The van der Waals surface area contributed by atoms with Crippen LogP contribution in [0.5, 0.6) is 0 Å². The minimum Gasteiger partial charge on any atom is -0.481 e. The molecule has 0 aromatic carbocycles. The van der Waals surface area contributed by atoms with E-state index in [4.69, 9.17) is 9.84 Å². The maximum Gasteiger partial charge on any atom is 0.308 e. The number of rotatable bonds is 3. The van der Waals surface area contributed by atoms with E-state index >= 15 is 0 Å². The zero-order valence-electron chi connectivity index (χ0n) is 9.44. The average Bonchev–Trinajstić information content (AvgIpc) is 2.75. The smallest absolute Gasteiger partial charge is 0.308 e. The molecule has 2 atom stereocenters. The van der Waals surface area contributed by atoms with E-state index in [2.05, 4.69) is 0 Å². The van der Waals surface area contributed by atoms with Gasteiger partial charge < -0.3 is 14.7 Å². The molecule has 0 radical (unpaired) electrons. The molecular formula is C11H17NO4.